The number of hydrogen-bond acceptors (Lipinski definition) is 3. The van der Waals surface area contributed by atoms with Crippen molar-refractivity contribution in [1.82, 2.24) is 0 Å². The Morgan fingerprint density at radius 2 is 2.20 bits per heavy atom. The number of anilines is 1. The van der Waals surface area contributed by atoms with Crippen molar-refractivity contribution in [3.63, 3.8) is 0 Å². The van der Waals surface area contributed by atoms with Crippen molar-refractivity contribution < 1.29 is 14.3 Å². The summed E-state index contributed by atoms with van der Waals surface area (Å²) in [5.41, 5.74) is 1.00. The second kappa shape index (κ2) is 4.58. The van der Waals surface area contributed by atoms with Gasteiger partial charge in [-0.25, -0.2) is 0 Å². The molecule has 2 aliphatic rings. The van der Waals surface area contributed by atoms with Gasteiger partial charge in [0.25, 0.3) is 0 Å². The van der Waals surface area contributed by atoms with Gasteiger partial charge in [-0.15, -0.1) is 0 Å². The molecule has 1 spiro atoms. The van der Waals surface area contributed by atoms with Gasteiger partial charge in [0, 0.05) is 10.2 Å². The molecule has 1 saturated carbocycles. The molecule has 1 heterocycles. The maximum absolute atomic E-state index is 12.5. The van der Waals surface area contributed by atoms with E-state index in [2.05, 4.69) is 21.2 Å². The Morgan fingerprint density at radius 3 is 2.85 bits per heavy atom. The molecule has 1 amide bonds. The maximum atomic E-state index is 12.5. The summed E-state index contributed by atoms with van der Waals surface area (Å²) in [6, 6.07) is 5.70. The molecule has 1 aliphatic heterocycles. The van der Waals surface area contributed by atoms with E-state index in [9.17, 15) is 9.59 Å². The first kappa shape index (κ1) is 13.6. The van der Waals surface area contributed by atoms with Crippen LogP contribution in [0.3, 0.4) is 0 Å². The van der Waals surface area contributed by atoms with E-state index >= 15 is 0 Å². The minimum Gasteiger partial charge on any atom is -0.466 e. The molecule has 1 aliphatic carbocycles. The zero-order chi connectivity index (χ0) is 14.5. The van der Waals surface area contributed by atoms with E-state index in [0.717, 1.165) is 22.1 Å². The summed E-state index contributed by atoms with van der Waals surface area (Å²) >= 11 is 3.44. The lowest BCUT2D eigenvalue weighted by Crippen LogP contribution is -2.25. The van der Waals surface area contributed by atoms with Crippen LogP contribution >= 0.6 is 15.9 Å². The van der Waals surface area contributed by atoms with E-state index in [1.165, 1.54) is 0 Å². The Hall–Kier alpha value is -1.36. The van der Waals surface area contributed by atoms with Crippen LogP contribution in [-0.4, -0.2) is 18.5 Å². The highest BCUT2D eigenvalue weighted by molar-refractivity contribution is 9.10. The fraction of sp³-hybridized carbons (Fsp3) is 0.467. The molecule has 1 aromatic rings. The Balaban J connectivity index is 2.07. The van der Waals surface area contributed by atoms with Crippen LogP contribution < -0.4 is 5.32 Å². The summed E-state index contributed by atoms with van der Waals surface area (Å²) in [6.07, 6.45) is 0.781. The van der Waals surface area contributed by atoms with Crippen LogP contribution in [0.4, 0.5) is 5.69 Å². The van der Waals surface area contributed by atoms with Crippen molar-refractivity contribution in [2.45, 2.75) is 25.7 Å². The van der Waals surface area contributed by atoms with Gasteiger partial charge in [-0.1, -0.05) is 29.3 Å². The highest BCUT2D eigenvalue weighted by Gasteiger charge is 2.75. The van der Waals surface area contributed by atoms with Gasteiger partial charge in [0.05, 0.1) is 17.9 Å². The number of benzene rings is 1. The lowest BCUT2D eigenvalue weighted by Gasteiger charge is -2.09. The lowest BCUT2D eigenvalue weighted by atomic mass is 9.92. The molecular formula is C15H16BrNO3. The summed E-state index contributed by atoms with van der Waals surface area (Å²) in [5.74, 6) is -0.669. The van der Waals surface area contributed by atoms with E-state index in [0.29, 0.717) is 6.61 Å². The average Bonchev–Trinajstić information content (AvgIpc) is 3.02. The number of halogens is 1. The summed E-state index contributed by atoms with van der Waals surface area (Å²) in [7, 11) is 0. The highest BCUT2D eigenvalue weighted by Crippen LogP contribution is 2.66. The van der Waals surface area contributed by atoms with Crippen LogP contribution in [0.15, 0.2) is 22.7 Å². The number of nitrogens with one attached hydrogen (secondary N) is 1. The molecule has 0 radical (unpaired) electrons. The van der Waals surface area contributed by atoms with Crippen molar-refractivity contribution in [2.75, 3.05) is 11.9 Å². The normalized spacial score (nSPS) is 30.1. The SMILES string of the molecule is CCOC(=O)[C@H]1[C@@H](CC)[C@]12C(=O)Nc1ccc(Br)cc12. The van der Waals surface area contributed by atoms with Gasteiger partial charge in [-0.05, 0) is 36.6 Å². The van der Waals surface area contributed by atoms with E-state index in [1.54, 1.807) is 6.92 Å². The Bertz CT molecular complexity index is 601. The lowest BCUT2D eigenvalue weighted by molar-refractivity contribution is -0.146. The largest absolute Gasteiger partial charge is 0.466 e. The third-order valence-electron chi connectivity index (χ3n) is 4.40. The monoisotopic (exact) mass is 337 g/mol. The number of carbonyl (C=O) groups excluding carboxylic acids is 2. The minimum absolute atomic E-state index is 0.0251. The van der Waals surface area contributed by atoms with Crippen LogP contribution in [-0.2, 0) is 19.7 Å². The fourth-order valence-corrected chi connectivity index (χ4v) is 3.95. The van der Waals surface area contributed by atoms with E-state index < -0.39 is 5.41 Å². The number of rotatable bonds is 3. The van der Waals surface area contributed by atoms with Crippen molar-refractivity contribution >= 4 is 33.5 Å². The molecule has 4 nitrogen and oxygen atoms in total. The molecule has 1 aromatic carbocycles. The van der Waals surface area contributed by atoms with Crippen molar-refractivity contribution in [1.29, 1.82) is 0 Å². The van der Waals surface area contributed by atoms with E-state index in [-0.39, 0.29) is 23.7 Å². The summed E-state index contributed by atoms with van der Waals surface area (Å²) in [6.45, 7) is 4.14. The molecule has 1 N–H and O–H groups in total. The smallest absolute Gasteiger partial charge is 0.310 e. The Kier molecular flexibility index (Phi) is 3.12. The first-order valence-corrected chi connectivity index (χ1v) is 7.64. The van der Waals surface area contributed by atoms with Gasteiger partial charge in [-0.3, -0.25) is 9.59 Å². The van der Waals surface area contributed by atoms with Crippen LogP contribution in [0.25, 0.3) is 0 Å². The zero-order valence-corrected chi connectivity index (χ0v) is 13.0. The molecule has 5 heteroatoms. The number of carbonyl (C=O) groups is 2. The maximum Gasteiger partial charge on any atom is 0.310 e. The molecule has 3 atom stereocenters. The van der Waals surface area contributed by atoms with Crippen LogP contribution in [0, 0.1) is 11.8 Å². The van der Waals surface area contributed by atoms with Crippen molar-refractivity contribution in [3.8, 4) is 0 Å². The predicted molar refractivity (Wildman–Crippen MR) is 78.4 cm³/mol. The molecule has 20 heavy (non-hydrogen) atoms. The topological polar surface area (TPSA) is 55.4 Å². The molecule has 0 bridgehead atoms. The van der Waals surface area contributed by atoms with Gasteiger partial charge in [0.15, 0.2) is 0 Å². The number of amides is 1. The van der Waals surface area contributed by atoms with Gasteiger partial charge < -0.3 is 10.1 Å². The molecule has 0 unspecified atom stereocenters. The summed E-state index contributed by atoms with van der Waals surface area (Å²) < 4.78 is 6.06. The molecule has 1 fully saturated rings. The zero-order valence-electron chi connectivity index (χ0n) is 11.4. The summed E-state index contributed by atoms with van der Waals surface area (Å²) in [5, 5.41) is 2.90. The standard InChI is InChI=1S/C15H16BrNO3/c1-3-9-12(13(18)20-4-2)15(9)10-7-8(16)5-6-11(10)17-14(15)19/h5-7,9,12H,3-4H2,1-2H3,(H,17,19)/t9-,12-,15-/m1/s1. The van der Waals surface area contributed by atoms with Crippen LogP contribution in [0.5, 0.6) is 0 Å². The van der Waals surface area contributed by atoms with Gasteiger partial charge in [0.1, 0.15) is 0 Å². The van der Waals surface area contributed by atoms with Crippen LogP contribution in [0.1, 0.15) is 25.8 Å². The highest BCUT2D eigenvalue weighted by atomic mass is 79.9. The quantitative estimate of drug-likeness (QED) is 0.863. The molecular weight excluding hydrogens is 322 g/mol. The Morgan fingerprint density at radius 1 is 1.45 bits per heavy atom. The fourth-order valence-electron chi connectivity index (χ4n) is 3.59. The van der Waals surface area contributed by atoms with Gasteiger partial charge in [0.2, 0.25) is 5.91 Å². The van der Waals surface area contributed by atoms with Crippen LogP contribution in [0.2, 0.25) is 0 Å². The number of hydrogen-bond donors (Lipinski definition) is 1. The van der Waals surface area contributed by atoms with E-state index in [4.69, 9.17) is 4.74 Å². The Labute approximate surface area is 126 Å². The molecule has 106 valence electrons. The first-order chi connectivity index (χ1) is 9.57. The third-order valence-corrected chi connectivity index (χ3v) is 4.89. The predicted octanol–water partition coefficient (Wildman–Crippen LogP) is 2.86. The molecule has 0 aromatic heterocycles. The minimum atomic E-state index is -0.722. The third kappa shape index (κ3) is 1.59. The van der Waals surface area contributed by atoms with Crippen molar-refractivity contribution in [2.24, 2.45) is 11.8 Å². The van der Waals surface area contributed by atoms with Gasteiger partial charge >= 0.3 is 5.97 Å². The number of esters is 1. The number of ether oxygens (including phenoxy) is 1. The number of fused-ring (bicyclic) bond motifs is 2. The second-order valence-corrected chi connectivity index (χ2v) is 6.17. The first-order valence-electron chi connectivity index (χ1n) is 6.85. The average molecular weight is 338 g/mol. The van der Waals surface area contributed by atoms with Gasteiger partial charge in [-0.2, -0.15) is 0 Å². The van der Waals surface area contributed by atoms with Crippen molar-refractivity contribution in [3.05, 3.63) is 28.2 Å². The molecule has 3 rings (SSSR count). The molecule has 0 saturated heterocycles. The second-order valence-electron chi connectivity index (χ2n) is 5.26. The van der Waals surface area contributed by atoms with E-state index in [1.807, 2.05) is 25.1 Å². The summed E-state index contributed by atoms with van der Waals surface area (Å²) in [4.78, 5) is 24.6.